The Hall–Kier alpha value is -4.26. The van der Waals surface area contributed by atoms with Crippen LogP contribution in [0.5, 0.6) is 0 Å². The monoisotopic (exact) mass is 544 g/mol. The minimum Gasteiger partial charge on any atom is -0.477 e. The van der Waals surface area contributed by atoms with Crippen LogP contribution in [0.25, 0.3) is 11.3 Å². The van der Waals surface area contributed by atoms with Crippen LogP contribution in [0.2, 0.25) is 0 Å². The molecule has 13 heteroatoms. The van der Waals surface area contributed by atoms with Crippen molar-refractivity contribution in [2.75, 3.05) is 13.7 Å². The Kier molecular flexibility index (Phi) is 9.77. The highest BCUT2D eigenvalue weighted by atomic mass is 16.6. The lowest BCUT2D eigenvalue weighted by Gasteiger charge is -2.41. The lowest BCUT2D eigenvalue weighted by molar-refractivity contribution is -0.176. The molecule has 1 aliphatic heterocycles. The minimum absolute atomic E-state index is 0.267. The number of nitrogens with zero attached hydrogens (tertiary/aromatic N) is 3. The first-order chi connectivity index (χ1) is 18.5. The zero-order chi connectivity index (χ0) is 28.7. The Morgan fingerprint density at radius 1 is 1.13 bits per heavy atom. The summed E-state index contributed by atoms with van der Waals surface area (Å²) < 4.78 is 22.5. The first kappa shape index (κ1) is 29.3. The number of aliphatic hydroxyl groups is 1. The summed E-state index contributed by atoms with van der Waals surface area (Å²) in [6, 6.07) is 7.30. The molecule has 0 aliphatic carbocycles. The van der Waals surface area contributed by atoms with E-state index >= 15 is 0 Å². The number of carbonyl (C=O) groups excluding carboxylic acids is 4. The molecular weight excluding hydrogens is 512 g/mol. The smallest absolute Gasteiger partial charge is 0.373 e. The van der Waals surface area contributed by atoms with Crippen molar-refractivity contribution in [2.24, 2.45) is 5.92 Å². The van der Waals surface area contributed by atoms with E-state index in [2.05, 4.69) is 15.6 Å². The van der Waals surface area contributed by atoms with Crippen LogP contribution < -0.4 is 5.32 Å². The Morgan fingerprint density at radius 3 is 2.41 bits per heavy atom. The molecule has 0 saturated heterocycles. The maximum absolute atomic E-state index is 12.9. The van der Waals surface area contributed by atoms with Crippen molar-refractivity contribution in [3.05, 3.63) is 48.4 Å². The van der Waals surface area contributed by atoms with E-state index in [1.807, 2.05) is 30.3 Å². The summed E-state index contributed by atoms with van der Waals surface area (Å²) in [5.74, 6) is -3.40. The molecule has 2 N–H and O–H groups in total. The molecule has 0 radical (unpaired) electrons. The molecule has 0 bridgehead atoms. The molecule has 1 aliphatic rings. The molecule has 1 aromatic carbocycles. The summed E-state index contributed by atoms with van der Waals surface area (Å²) in [4.78, 5) is 48.9. The maximum atomic E-state index is 12.9. The van der Waals surface area contributed by atoms with Gasteiger partial charge in [0.2, 0.25) is 11.7 Å². The van der Waals surface area contributed by atoms with Gasteiger partial charge in [-0.2, -0.15) is 0 Å². The van der Waals surface area contributed by atoms with E-state index in [1.54, 1.807) is 20.0 Å². The molecule has 5 atom stereocenters. The number of aromatic nitrogens is 3. The van der Waals surface area contributed by atoms with Gasteiger partial charge in [-0.25, -0.2) is 9.48 Å². The predicted octanol–water partition coefficient (Wildman–Crippen LogP) is 0.938. The standard InChI is InChI=1S/C26H32N4O9/c1-14(2)25(34)27-22-19(30-12-18(28-29-30)17-9-7-6-8-10-17)11-21(26(35)36-5)39-24(22)23(38-16(4)32)20(33)13-37-15(3)31/h6-12,14,19-20,22-24,33H,13H2,1-5H3,(H,27,34)/t19-,20+,22+,23+,24+/m0/s1. The fraction of sp³-hybridized carbons (Fsp3) is 0.462. The number of hydrogen-bond donors (Lipinski definition) is 2. The highest BCUT2D eigenvalue weighted by molar-refractivity contribution is 5.86. The lowest BCUT2D eigenvalue weighted by atomic mass is 9.91. The van der Waals surface area contributed by atoms with Crippen LogP contribution in [0, 0.1) is 5.92 Å². The summed E-state index contributed by atoms with van der Waals surface area (Å²) in [6.07, 6.45) is -1.36. The number of esters is 3. The first-order valence-corrected chi connectivity index (χ1v) is 12.2. The number of aliphatic hydroxyl groups excluding tert-OH is 1. The zero-order valence-electron chi connectivity index (χ0n) is 22.3. The van der Waals surface area contributed by atoms with Crippen molar-refractivity contribution >= 4 is 23.8 Å². The average Bonchev–Trinajstić information content (AvgIpc) is 3.40. The molecule has 39 heavy (non-hydrogen) atoms. The quantitative estimate of drug-likeness (QED) is 0.322. The molecule has 210 valence electrons. The lowest BCUT2D eigenvalue weighted by Crippen LogP contribution is -2.60. The summed E-state index contributed by atoms with van der Waals surface area (Å²) >= 11 is 0. The Bertz CT molecular complexity index is 1210. The van der Waals surface area contributed by atoms with E-state index in [-0.39, 0.29) is 11.7 Å². The molecule has 1 amide bonds. The number of nitrogens with one attached hydrogen (secondary N) is 1. The molecule has 0 fully saturated rings. The van der Waals surface area contributed by atoms with E-state index in [9.17, 15) is 24.3 Å². The third-order valence-corrected chi connectivity index (χ3v) is 5.87. The average molecular weight is 545 g/mol. The number of hydrogen-bond acceptors (Lipinski definition) is 11. The van der Waals surface area contributed by atoms with Crippen molar-refractivity contribution in [3.63, 3.8) is 0 Å². The summed E-state index contributed by atoms with van der Waals surface area (Å²) in [7, 11) is 1.16. The van der Waals surface area contributed by atoms with Crippen LogP contribution in [-0.4, -0.2) is 82.0 Å². The number of methoxy groups -OCH3 is 1. The van der Waals surface area contributed by atoms with E-state index in [1.165, 1.54) is 10.8 Å². The predicted molar refractivity (Wildman–Crippen MR) is 134 cm³/mol. The molecule has 2 heterocycles. The van der Waals surface area contributed by atoms with E-state index in [0.717, 1.165) is 26.5 Å². The van der Waals surface area contributed by atoms with E-state index in [0.29, 0.717) is 5.69 Å². The van der Waals surface area contributed by atoms with Gasteiger partial charge in [0.25, 0.3) is 0 Å². The van der Waals surface area contributed by atoms with Gasteiger partial charge >= 0.3 is 17.9 Å². The molecular formula is C26H32N4O9. The third-order valence-electron chi connectivity index (χ3n) is 5.87. The topological polar surface area (TPSA) is 168 Å². The van der Waals surface area contributed by atoms with E-state index < -0.39 is 60.8 Å². The van der Waals surface area contributed by atoms with Crippen molar-refractivity contribution in [2.45, 2.75) is 58.1 Å². The van der Waals surface area contributed by atoms with E-state index in [4.69, 9.17) is 18.9 Å². The van der Waals surface area contributed by atoms with Crippen molar-refractivity contribution < 1.29 is 43.2 Å². The highest BCUT2D eigenvalue weighted by Crippen LogP contribution is 2.32. The van der Waals surface area contributed by atoms with Crippen molar-refractivity contribution in [1.29, 1.82) is 0 Å². The minimum atomic E-state index is -1.57. The van der Waals surface area contributed by atoms with Gasteiger partial charge in [-0.15, -0.1) is 5.10 Å². The van der Waals surface area contributed by atoms with Crippen LogP contribution in [0.4, 0.5) is 0 Å². The number of benzene rings is 1. The van der Waals surface area contributed by atoms with Gasteiger partial charge in [0, 0.05) is 25.3 Å². The molecule has 3 rings (SSSR count). The van der Waals surface area contributed by atoms with Crippen LogP contribution in [0.3, 0.4) is 0 Å². The zero-order valence-corrected chi connectivity index (χ0v) is 22.3. The normalized spacial score (nSPS) is 20.2. The fourth-order valence-electron chi connectivity index (χ4n) is 3.96. The second-order valence-corrected chi connectivity index (χ2v) is 9.18. The van der Waals surface area contributed by atoms with Crippen LogP contribution in [0.1, 0.15) is 33.7 Å². The highest BCUT2D eigenvalue weighted by Gasteiger charge is 2.47. The van der Waals surface area contributed by atoms with Crippen molar-refractivity contribution in [3.8, 4) is 11.3 Å². The van der Waals surface area contributed by atoms with Gasteiger partial charge in [-0.3, -0.25) is 14.4 Å². The Morgan fingerprint density at radius 2 is 1.82 bits per heavy atom. The Labute approximate surface area is 225 Å². The van der Waals surface area contributed by atoms with Crippen LogP contribution in [0.15, 0.2) is 48.4 Å². The second-order valence-electron chi connectivity index (χ2n) is 9.18. The van der Waals surface area contributed by atoms with Crippen LogP contribution >= 0.6 is 0 Å². The molecule has 0 saturated carbocycles. The summed E-state index contributed by atoms with van der Waals surface area (Å²) in [6.45, 7) is 5.09. The van der Waals surface area contributed by atoms with Gasteiger partial charge in [-0.05, 0) is 6.08 Å². The number of amides is 1. The Balaban J connectivity index is 2.12. The molecule has 2 aromatic rings. The molecule has 1 aromatic heterocycles. The largest absolute Gasteiger partial charge is 0.477 e. The summed E-state index contributed by atoms with van der Waals surface area (Å²) in [5, 5.41) is 22.2. The first-order valence-electron chi connectivity index (χ1n) is 12.2. The number of carbonyl (C=O) groups is 4. The van der Waals surface area contributed by atoms with Gasteiger partial charge in [0.05, 0.1) is 25.4 Å². The second kappa shape index (κ2) is 13.0. The van der Waals surface area contributed by atoms with Gasteiger partial charge in [-0.1, -0.05) is 49.4 Å². The number of rotatable bonds is 10. The fourth-order valence-corrected chi connectivity index (χ4v) is 3.96. The molecule has 0 spiro atoms. The SMILES string of the molecule is COC(=O)C1=C[C@H](n2cc(-c3ccccc3)nn2)[C@@H](NC(=O)C(C)C)[C@H]([C@H](OC(C)=O)[C@H](O)COC(C)=O)O1. The molecule has 13 nitrogen and oxygen atoms in total. The van der Waals surface area contributed by atoms with Gasteiger partial charge in [0.1, 0.15) is 18.4 Å². The van der Waals surface area contributed by atoms with Gasteiger partial charge < -0.3 is 29.4 Å². The van der Waals surface area contributed by atoms with Gasteiger partial charge in [0.15, 0.2) is 12.2 Å². The molecule has 0 unspecified atom stereocenters. The van der Waals surface area contributed by atoms with Crippen LogP contribution in [-0.2, 0) is 38.1 Å². The number of ether oxygens (including phenoxy) is 4. The maximum Gasteiger partial charge on any atom is 0.373 e. The third kappa shape index (κ3) is 7.41. The summed E-state index contributed by atoms with van der Waals surface area (Å²) in [5.41, 5.74) is 1.30. The van der Waals surface area contributed by atoms with Crippen molar-refractivity contribution in [1.82, 2.24) is 20.3 Å².